The molecule has 1 saturated heterocycles. The largest absolute Gasteiger partial charge is 0.393 e. The Morgan fingerprint density at radius 1 is 1.09 bits per heavy atom. The van der Waals surface area contributed by atoms with Crippen LogP contribution in [0.1, 0.15) is 36.0 Å². The Labute approximate surface area is 203 Å². The normalized spacial score (nSPS) is 22.1. The van der Waals surface area contributed by atoms with Crippen LogP contribution in [-0.4, -0.2) is 58.4 Å². The molecule has 10 heteroatoms. The van der Waals surface area contributed by atoms with Crippen molar-refractivity contribution < 1.29 is 28.2 Å². The van der Waals surface area contributed by atoms with E-state index < -0.39 is 34.6 Å². The molecule has 1 heterocycles. The minimum Gasteiger partial charge on any atom is -0.393 e. The van der Waals surface area contributed by atoms with E-state index in [2.05, 4.69) is 10.6 Å². The van der Waals surface area contributed by atoms with Crippen molar-refractivity contribution >= 4 is 39.9 Å². The van der Waals surface area contributed by atoms with Gasteiger partial charge in [-0.3, -0.25) is 4.79 Å². The second kappa shape index (κ2) is 9.77. The van der Waals surface area contributed by atoms with Crippen LogP contribution in [0, 0.1) is 21.0 Å². The summed E-state index contributed by atoms with van der Waals surface area (Å²) in [7, 11) is 0. The van der Waals surface area contributed by atoms with Gasteiger partial charge >= 0.3 is 0 Å². The third-order valence-corrected chi connectivity index (χ3v) is 6.86. The summed E-state index contributed by atoms with van der Waals surface area (Å²) in [5.41, 5.74) is -1.81. The molecule has 6 nitrogen and oxygen atoms in total. The van der Waals surface area contributed by atoms with Gasteiger partial charge in [-0.15, -0.1) is 0 Å². The average Bonchev–Trinajstić information content (AvgIpc) is 2.76. The molecule has 0 aromatic heterocycles. The van der Waals surface area contributed by atoms with Crippen molar-refractivity contribution in [3.05, 3.63) is 56.9 Å². The minimum absolute atomic E-state index is 0.0322. The standard InChI is InChI=1S/C23H25F3IN3O3/c24-17-7-6-16(21(20(17)26)29-19-8-1-13(27)9-18(19)25)22(32)30-11-23(33,12-30)10-28-14-2-4-15(31)5-3-14/h1,6-9,14-15,28-29,31,33H,2-5,10-12H2/t14-,15-. The number of halogens is 4. The van der Waals surface area contributed by atoms with Crippen molar-refractivity contribution in [1.29, 1.82) is 0 Å². The second-order valence-electron chi connectivity index (χ2n) is 8.81. The molecule has 1 amide bonds. The molecule has 178 valence electrons. The molecule has 0 unspecified atom stereocenters. The lowest BCUT2D eigenvalue weighted by Gasteiger charge is -2.47. The van der Waals surface area contributed by atoms with Crippen LogP contribution in [0.5, 0.6) is 0 Å². The zero-order valence-electron chi connectivity index (χ0n) is 17.8. The number of hydrogen-bond acceptors (Lipinski definition) is 5. The van der Waals surface area contributed by atoms with Crippen LogP contribution in [0.4, 0.5) is 24.5 Å². The Hall–Kier alpha value is -1.89. The number of nitrogens with zero attached hydrogens (tertiary/aromatic N) is 1. The van der Waals surface area contributed by atoms with Gasteiger partial charge in [0, 0.05) is 16.2 Å². The highest BCUT2D eigenvalue weighted by Crippen LogP contribution is 2.32. The maximum atomic E-state index is 14.6. The summed E-state index contributed by atoms with van der Waals surface area (Å²) in [4.78, 5) is 14.4. The van der Waals surface area contributed by atoms with E-state index in [0.29, 0.717) is 16.4 Å². The Morgan fingerprint density at radius 2 is 1.79 bits per heavy atom. The van der Waals surface area contributed by atoms with Gasteiger partial charge in [0.15, 0.2) is 11.6 Å². The maximum Gasteiger partial charge on any atom is 0.256 e. The molecule has 2 aliphatic rings. The average molecular weight is 575 g/mol. The van der Waals surface area contributed by atoms with Crippen molar-refractivity contribution in [2.75, 3.05) is 25.0 Å². The summed E-state index contributed by atoms with van der Waals surface area (Å²) in [6.45, 7) is 0.350. The predicted molar refractivity (Wildman–Crippen MR) is 126 cm³/mol. The first-order valence-electron chi connectivity index (χ1n) is 10.8. The first-order valence-corrected chi connectivity index (χ1v) is 11.9. The number of hydrogen-bond donors (Lipinski definition) is 4. The number of anilines is 2. The van der Waals surface area contributed by atoms with Crippen LogP contribution in [-0.2, 0) is 0 Å². The van der Waals surface area contributed by atoms with E-state index in [9.17, 15) is 28.2 Å². The van der Waals surface area contributed by atoms with Gasteiger partial charge in [-0.1, -0.05) is 0 Å². The number of carbonyl (C=O) groups is 1. The quantitative estimate of drug-likeness (QED) is 0.397. The van der Waals surface area contributed by atoms with Gasteiger partial charge in [0.05, 0.1) is 36.1 Å². The molecular formula is C23H25F3IN3O3. The number of β-amino-alcohol motifs (C(OH)–C–C–N with tert-alkyl or cyclic N) is 1. The number of aliphatic hydroxyl groups excluding tert-OH is 1. The molecule has 1 aliphatic carbocycles. The summed E-state index contributed by atoms with van der Waals surface area (Å²) >= 11 is 1.93. The first-order chi connectivity index (χ1) is 15.6. The van der Waals surface area contributed by atoms with Crippen LogP contribution in [0.15, 0.2) is 30.3 Å². The van der Waals surface area contributed by atoms with E-state index in [1.165, 1.54) is 17.0 Å². The fourth-order valence-corrected chi connectivity index (χ4v) is 4.73. The lowest BCUT2D eigenvalue weighted by molar-refractivity contribution is -0.0806. The highest BCUT2D eigenvalue weighted by molar-refractivity contribution is 14.1. The topological polar surface area (TPSA) is 84.8 Å². The molecule has 1 saturated carbocycles. The SMILES string of the molecule is O=C(c1ccc(F)c(F)c1Nc1ccc(I)cc1F)N1CC(O)(CN[C@H]2CC[C@H](O)CC2)C1. The summed E-state index contributed by atoms with van der Waals surface area (Å²) in [5, 5.41) is 26.1. The van der Waals surface area contributed by atoms with E-state index in [4.69, 9.17) is 0 Å². The fourth-order valence-electron chi connectivity index (χ4n) is 4.28. The third kappa shape index (κ3) is 5.44. The van der Waals surface area contributed by atoms with Crippen molar-refractivity contribution in [2.45, 2.75) is 43.4 Å². The van der Waals surface area contributed by atoms with E-state index in [1.807, 2.05) is 22.6 Å². The van der Waals surface area contributed by atoms with Crippen molar-refractivity contribution in [2.24, 2.45) is 0 Å². The lowest BCUT2D eigenvalue weighted by Crippen LogP contribution is -2.67. The van der Waals surface area contributed by atoms with Crippen LogP contribution >= 0.6 is 22.6 Å². The Bertz CT molecular complexity index is 1040. The molecule has 1 aliphatic heterocycles. The van der Waals surface area contributed by atoms with Crippen molar-refractivity contribution in [1.82, 2.24) is 10.2 Å². The number of benzene rings is 2. The number of carbonyl (C=O) groups excluding carboxylic acids is 1. The highest BCUT2D eigenvalue weighted by atomic mass is 127. The lowest BCUT2D eigenvalue weighted by atomic mass is 9.90. The van der Waals surface area contributed by atoms with Gasteiger partial charge in [-0.2, -0.15) is 0 Å². The Balaban J connectivity index is 1.44. The maximum absolute atomic E-state index is 14.6. The molecule has 4 rings (SSSR count). The van der Waals surface area contributed by atoms with Gasteiger partial charge in [-0.25, -0.2) is 13.2 Å². The fraction of sp³-hybridized carbons (Fsp3) is 0.435. The van der Waals surface area contributed by atoms with Gasteiger partial charge < -0.3 is 25.7 Å². The van der Waals surface area contributed by atoms with E-state index >= 15 is 0 Å². The molecule has 0 spiro atoms. The van der Waals surface area contributed by atoms with Crippen LogP contribution < -0.4 is 10.6 Å². The van der Waals surface area contributed by atoms with Gasteiger partial charge in [0.1, 0.15) is 11.4 Å². The van der Waals surface area contributed by atoms with Crippen molar-refractivity contribution in [3.8, 4) is 0 Å². The molecule has 0 bridgehead atoms. The number of rotatable bonds is 6. The summed E-state index contributed by atoms with van der Waals surface area (Å²) in [6.07, 6.45) is 2.80. The smallest absolute Gasteiger partial charge is 0.256 e. The van der Waals surface area contributed by atoms with E-state index in [0.717, 1.165) is 25.0 Å². The Kier molecular flexibility index (Phi) is 7.18. The third-order valence-electron chi connectivity index (χ3n) is 6.19. The van der Waals surface area contributed by atoms with Gasteiger partial charge in [-0.05, 0) is 78.6 Å². The van der Waals surface area contributed by atoms with Gasteiger partial charge in [0.2, 0.25) is 0 Å². The number of aliphatic hydroxyl groups is 2. The summed E-state index contributed by atoms with van der Waals surface area (Å²) < 4.78 is 43.4. The molecule has 0 atom stereocenters. The predicted octanol–water partition coefficient (Wildman–Crippen LogP) is 3.53. The number of likely N-dealkylation sites (tertiary alicyclic amines) is 1. The minimum atomic E-state index is -1.28. The Morgan fingerprint density at radius 3 is 2.45 bits per heavy atom. The summed E-state index contributed by atoms with van der Waals surface area (Å²) in [5.74, 6) is -3.70. The zero-order valence-corrected chi connectivity index (χ0v) is 19.9. The molecule has 2 aromatic carbocycles. The second-order valence-corrected chi connectivity index (χ2v) is 10.1. The van der Waals surface area contributed by atoms with E-state index in [1.54, 1.807) is 6.07 Å². The molecular weight excluding hydrogens is 550 g/mol. The zero-order chi connectivity index (χ0) is 23.8. The molecule has 4 N–H and O–H groups in total. The van der Waals surface area contributed by atoms with Crippen LogP contribution in [0.3, 0.4) is 0 Å². The van der Waals surface area contributed by atoms with Crippen LogP contribution in [0.25, 0.3) is 0 Å². The molecule has 0 radical (unpaired) electrons. The molecule has 33 heavy (non-hydrogen) atoms. The van der Waals surface area contributed by atoms with Crippen molar-refractivity contribution in [3.63, 3.8) is 0 Å². The monoisotopic (exact) mass is 575 g/mol. The van der Waals surface area contributed by atoms with Crippen LogP contribution in [0.2, 0.25) is 0 Å². The van der Waals surface area contributed by atoms with E-state index in [-0.39, 0.29) is 43.0 Å². The molecule has 2 aromatic rings. The highest BCUT2D eigenvalue weighted by Gasteiger charge is 2.44. The van der Waals surface area contributed by atoms with Gasteiger partial charge in [0.25, 0.3) is 5.91 Å². The number of amides is 1. The molecule has 2 fully saturated rings. The number of nitrogens with one attached hydrogen (secondary N) is 2. The summed E-state index contributed by atoms with van der Waals surface area (Å²) in [6, 6.07) is 6.42. The first kappa shape index (κ1) is 24.2.